The molecule has 0 radical (unpaired) electrons. The Bertz CT molecular complexity index is 182. The molecule has 2 N–H and O–H groups in total. The van der Waals surface area contributed by atoms with E-state index in [1.807, 2.05) is 0 Å². The van der Waals surface area contributed by atoms with Crippen LogP contribution in [0.5, 0.6) is 0 Å². The lowest BCUT2D eigenvalue weighted by atomic mass is 9.97. The highest BCUT2D eigenvalue weighted by molar-refractivity contribution is 4.93. The normalized spacial score (nSPS) is 30.2. The topological polar surface area (TPSA) is 35.5 Å². The molecule has 14 heavy (non-hydrogen) atoms. The highest BCUT2D eigenvalue weighted by Crippen LogP contribution is 2.18. The van der Waals surface area contributed by atoms with Gasteiger partial charge in [0.2, 0.25) is 0 Å². The van der Waals surface area contributed by atoms with Gasteiger partial charge >= 0.3 is 0 Å². The van der Waals surface area contributed by atoms with Crippen LogP contribution in [-0.2, 0) is 0 Å². The van der Waals surface area contributed by atoms with Crippen LogP contribution in [0.1, 0.15) is 34.1 Å². The first kappa shape index (κ1) is 12.0. The van der Waals surface area contributed by atoms with Crippen LogP contribution in [0.15, 0.2) is 0 Å². The number of nitrogens with one attached hydrogen (secondary N) is 1. The first-order valence-electron chi connectivity index (χ1n) is 5.62. The lowest BCUT2D eigenvalue weighted by molar-refractivity contribution is 0.0283. The van der Waals surface area contributed by atoms with Gasteiger partial charge in [-0.05, 0) is 27.2 Å². The maximum absolute atomic E-state index is 9.29. The van der Waals surface area contributed by atoms with Crippen molar-refractivity contribution in [2.24, 2.45) is 0 Å². The second-order valence-electron chi connectivity index (χ2n) is 5.03. The second kappa shape index (κ2) is 4.60. The van der Waals surface area contributed by atoms with Crippen LogP contribution in [0.25, 0.3) is 0 Å². The van der Waals surface area contributed by atoms with Crippen molar-refractivity contribution >= 4 is 0 Å². The molecule has 1 saturated heterocycles. The minimum Gasteiger partial charge on any atom is -0.395 e. The molecular weight excluding hydrogens is 176 g/mol. The van der Waals surface area contributed by atoms with Gasteiger partial charge in [0.25, 0.3) is 0 Å². The molecule has 3 heteroatoms. The maximum Gasteiger partial charge on any atom is 0.0599 e. The zero-order valence-electron chi connectivity index (χ0n) is 9.88. The van der Waals surface area contributed by atoms with Crippen LogP contribution in [0.2, 0.25) is 0 Å². The number of nitrogens with zero attached hydrogens (tertiary/aromatic N) is 1. The molecule has 2 unspecified atom stereocenters. The van der Waals surface area contributed by atoms with E-state index in [9.17, 15) is 5.11 Å². The highest BCUT2D eigenvalue weighted by atomic mass is 16.3. The lowest BCUT2D eigenvalue weighted by Gasteiger charge is -2.46. The highest BCUT2D eigenvalue weighted by Gasteiger charge is 2.33. The predicted octanol–water partition coefficient (Wildman–Crippen LogP) is 0.830. The summed E-state index contributed by atoms with van der Waals surface area (Å²) in [4.78, 5) is 2.43. The average molecular weight is 200 g/mol. The Balaban J connectivity index is 2.65. The molecule has 1 heterocycles. The minimum absolute atomic E-state index is 0.176. The zero-order chi connectivity index (χ0) is 10.8. The van der Waals surface area contributed by atoms with Gasteiger partial charge < -0.3 is 10.4 Å². The Morgan fingerprint density at radius 1 is 1.57 bits per heavy atom. The summed E-state index contributed by atoms with van der Waals surface area (Å²) in [6.45, 7) is 11.1. The van der Waals surface area contributed by atoms with Crippen molar-refractivity contribution in [3.05, 3.63) is 0 Å². The van der Waals surface area contributed by atoms with Crippen molar-refractivity contribution < 1.29 is 5.11 Å². The molecular formula is C11H24N2O. The Morgan fingerprint density at radius 2 is 2.21 bits per heavy atom. The molecule has 2 atom stereocenters. The summed E-state index contributed by atoms with van der Waals surface area (Å²) in [5.74, 6) is 0. The minimum atomic E-state index is 0.176. The smallest absolute Gasteiger partial charge is 0.0599 e. The molecule has 3 nitrogen and oxygen atoms in total. The van der Waals surface area contributed by atoms with Gasteiger partial charge in [-0.1, -0.05) is 6.92 Å². The fourth-order valence-corrected chi connectivity index (χ4v) is 2.07. The van der Waals surface area contributed by atoms with E-state index in [1.54, 1.807) is 0 Å². The first-order valence-corrected chi connectivity index (χ1v) is 5.62. The van der Waals surface area contributed by atoms with Gasteiger partial charge in [-0.3, -0.25) is 4.90 Å². The molecule has 1 rings (SSSR count). The summed E-state index contributed by atoms with van der Waals surface area (Å²) < 4.78 is 0. The molecule has 0 aliphatic carbocycles. The van der Waals surface area contributed by atoms with E-state index in [4.69, 9.17) is 0 Å². The zero-order valence-corrected chi connectivity index (χ0v) is 9.88. The maximum atomic E-state index is 9.29. The molecule has 1 fully saturated rings. The number of rotatable bonds is 3. The molecule has 0 bridgehead atoms. The Morgan fingerprint density at radius 3 is 2.71 bits per heavy atom. The van der Waals surface area contributed by atoms with Crippen LogP contribution in [-0.4, -0.2) is 47.3 Å². The summed E-state index contributed by atoms with van der Waals surface area (Å²) in [7, 11) is 0. The Labute approximate surface area is 87.5 Å². The molecule has 1 aliphatic heterocycles. The first-order chi connectivity index (χ1) is 6.50. The van der Waals surface area contributed by atoms with Gasteiger partial charge in [-0.25, -0.2) is 0 Å². The predicted molar refractivity (Wildman–Crippen MR) is 59.4 cm³/mol. The van der Waals surface area contributed by atoms with Crippen LogP contribution in [0.3, 0.4) is 0 Å². The molecule has 0 aromatic rings. The van der Waals surface area contributed by atoms with Crippen LogP contribution in [0, 0.1) is 0 Å². The van der Waals surface area contributed by atoms with Crippen molar-refractivity contribution in [3.63, 3.8) is 0 Å². The van der Waals surface area contributed by atoms with E-state index in [0.29, 0.717) is 6.04 Å². The lowest BCUT2D eigenvalue weighted by Crippen LogP contribution is -2.64. The summed E-state index contributed by atoms with van der Waals surface area (Å²) in [5, 5.41) is 12.8. The van der Waals surface area contributed by atoms with E-state index in [1.165, 1.54) is 0 Å². The number of aliphatic hydroxyl groups excluding tert-OH is 1. The van der Waals surface area contributed by atoms with Crippen molar-refractivity contribution in [2.45, 2.75) is 51.7 Å². The van der Waals surface area contributed by atoms with Gasteiger partial charge in [-0.2, -0.15) is 0 Å². The van der Waals surface area contributed by atoms with Crippen molar-refractivity contribution in [1.82, 2.24) is 10.2 Å². The van der Waals surface area contributed by atoms with Gasteiger partial charge in [-0.15, -0.1) is 0 Å². The van der Waals surface area contributed by atoms with Gasteiger partial charge in [0.15, 0.2) is 0 Å². The number of aliphatic hydroxyl groups is 1. The Kier molecular flexibility index (Phi) is 3.93. The van der Waals surface area contributed by atoms with E-state index in [2.05, 4.69) is 37.9 Å². The standard InChI is InChI=1S/C11H24N2O/c1-5-9(2)13-8-11(3,4)12-6-10(13)7-14/h9-10,12,14H,5-8H2,1-4H3. The van der Waals surface area contributed by atoms with Crippen molar-refractivity contribution in [3.8, 4) is 0 Å². The number of piperazine rings is 1. The average Bonchev–Trinajstić information content (AvgIpc) is 2.15. The molecule has 0 aromatic carbocycles. The summed E-state index contributed by atoms with van der Waals surface area (Å²) in [5.41, 5.74) is 0.176. The van der Waals surface area contributed by atoms with Crippen molar-refractivity contribution in [1.29, 1.82) is 0 Å². The summed E-state index contributed by atoms with van der Waals surface area (Å²) in [6, 6.07) is 0.853. The van der Waals surface area contributed by atoms with Crippen LogP contribution < -0.4 is 5.32 Å². The van der Waals surface area contributed by atoms with Crippen molar-refractivity contribution in [2.75, 3.05) is 19.7 Å². The third kappa shape index (κ3) is 2.69. The Hall–Kier alpha value is -0.120. The largest absolute Gasteiger partial charge is 0.395 e. The number of hydrogen-bond donors (Lipinski definition) is 2. The fraction of sp³-hybridized carbons (Fsp3) is 1.00. The molecule has 84 valence electrons. The summed E-state index contributed by atoms with van der Waals surface area (Å²) >= 11 is 0. The van der Waals surface area contributed by atoms with E-state index in [-0.39, 0.29) is 18.2 Å². The molecule has 0 saturated carbocycles. The van der Waals surface area contributed by atoms with E-state index in [0.717, 1.165) is 19.5 Å². The third-order valence-corrected chi connectivity index (χ3v) is 3.23. The third-order valence-electron chi connectivity index (χ3n) is 3.23. The van der Waals surface area contributed by atoms with Crippen LogP contribution >= 0.6 is 0 Å². The number of hydrogen-bond acceptors (Lipinski definition) is 3. The van der Waals surface area contributed by atoms with Gasteiger partial charge in [0.05, 0.1) is 6.61 Å². The van der Waals surface area contributed by atoms with Gasteiger partial charge in [0.1, 0.15) is 0 Å². The SMILES string of the molecule is CCC(C)N1CC(C)(C)NCC1CO. The van der Waals surface area contributed by atoms with Crippen LogP contribution in [0.4, 0.5) is 0 Å². The summed E-state index contributed by atoms with van der Waals surface area (Å²) in [6.07, 6.45) is 1.15. The van der Waals surface area contributed by atoms with E-state index >= 15 is 0 Å². The van der Waals surface area contributed by atoms with E-state index < -0.39 is 0 Å². The molecule has 0 aromatic heterocycles. The monoisotopic (exact) mass is 200 g/mol. The molecule has 0 spiro atoms. The van der Waals surface area contributed by atoms with Gasteiger partial charge in [0, 0.05) is 30.7 Å². The quantitative estimate of drug-likeness (QED) is 0.708. The second-order valence-corrected chi connectivity index (χ2v) is 5.03. The molecule has 0 amide bonds. The molecule has 1 aliphatic rings. The fourth-order valence-electron chi connectivity index (χ4n) is 2.07.